The first kappa shape index (κ1) is 11.0. The standard InChI is InChI=1S/C9H13ClN2O2/c1-8(13)11-4-6-12(7-5-11)9(14)2-3-10/h2-3H,4-7H2,1H3. The lowest BCUT2D eigenvalue weighted by Crippen LogP contribution is -2.49. The van der Waals surface area contributed by atoms with Gasteiger partial charge in [0, 0.05) is 44.7 Å². The Hall–Kier alpha value is -1.03. The largest absolute Gasteiger partial charge is 0.339 e. The molecule has 0 aromatic heterocycles. The zero-order chi connectivity index (χ0) is 10.6. The first-order valence-electron chi connectivity index (χ1n) is 4.46. The number of rotatable bonds is 1. The predicted molar refractivity (Wildman–Crippen MR) is 53.8 cm³/mol. The molecule has 0 atom stereocenters. The van der Waals surface area contributed by atoms with Crippen molar-refractivity contribution in [2.24, 2.45) is 0 Å². The van der Waals surface area contributed by atoms with Gasteiger partial charge in [-0.1, -0.05) is 11.6 Å². The summed E-state index contributed by atoms with van der Waals surface area (Å²) in [7, 11) is 0. The van der Waals surface area contributed by atoms with Crippen LogP contribution in [0.25, 0.3) is 0 Å². The van der Waals surface area contributed by atoms with Crippen molar-refractivity contribution < 1.29 is 9.59 Å². The highest BCUT2D eigenvalue weighted by molar-refractivity contribution is 6.26. The van der Waals surface area contributed by atoms with Crippen molar-refractivity contribution >= 4 is 23.4 Å². The highest BCUT2D eigenvalue weighted by atomic mass is 35.5. The Balaban J connectivity index is 2.43. The van der Waals surface area contributed by atoms with Crippen molar-refractivity contribution in [3.8, 4) is 0 Å². The summed E-state index contributed by atoms with van der Waals surface area (Å²) < 4.78 is 0. The summed E-state index contributed by atoms with van der Waals surface area (Å²) in [6.07, 6.45) is 1.32. The smallest absolute Gasteiger partial charge is 0.247 e. The lowest BCUT2D eigenvalue weighted by atomic mass is 10.3. The number of piperazine rings is 1. The summed E-state index contributed by atoms with van der Waals surface area (Å²) in [4.78, 5) is 25.7. The van der Waals surface area contributed by atoms with Crippen molar-refractivity contribution in [3.63, 3.8) is 0 Å². The van der Waals surface area contributed by atoms with Crippen LogP contribution in [-0.2, 0) is 9.59 Å². The molecule has 0 radical (unpaired) electrons. The summed E-state index contributed by atoms with van der Waals surface area (Å²) in [5, 5.41) is 0. The van der Waals surface area contributed by atoms with Crippen molar-refractivity contribution in [3.05, 3.63) is 11.6 Å². The third-order valence-electron chi connectivity index (χ3n) is 2.24. The lowest BCUT2D eigenvalue weighted by molar-refractivity contribution is -0.135. The second-order valence-corrected chi connectivity index (χ2v) is 3.38. The van der Waals surface area contributed by atoms with Crippen LogP contribution in [0, 0.1) is 0 Å². The topological polar surface area (TPSA) is 40.6 Å². The van der Waals surface area contributed by atoms with E-state index in [1.54, 1.807) is 9.80 Å². The van der Waals surface area contributed by atoms with E-state index in [1.807, 2.05) is 0 Å². The van der Waals surface area contributed by atoms with Gasteiger partial charge >= 0.3 is 0 Å². The number of hydrogen-bond acceptors (Lipinski definition) is 2. The van der Waals surface area contributed by atoms with E-state index in [9.17, 15) is 9.59 Å². The fraction of sp³-hybridized carbons (Fsp3) is 0.556. The van der Waals surface area contributed by atoms with E-state index < -0.39 is 0 Å². The Kier molecular flexibility index (Phi) is 3.95. The first-order chi connectivity index (χ1) is 6.65. The molecular weight excluding hydrogens is 204 g/mol. The maximum atomic E-state index is 11.3. The van der Waals surface area contributed by atoms with Crippen LogP contribution in [0.15, 0.2) is 11.6 Å². The Morgan fingerprint density at radius 2 is 1.64 bits per heavy atom. The number of carbonyl (C=O) groups is 2. The Labute approximate surface area is 88.1 Å². The van der Waals surface area contributed by atoms with Crippen LogP contribution >= 0.6 is 11.6 Å². The maximum Gasteiger partial charge on any atom is 0.247 e. The molecule has 1 rings (SSSR count). The average molecular weight is 217 g/mol. The molecule has 0 unspecified atom stereocenters. The fourth-order valence-electron chi connectivity index (χ4n) is 1.40. The quantitative estimate of drug-likeness (QED) is 0.597. The Morgan fingerprint density at radius 3 is 2.07 bits per heavy atom. The van der Waals surface area contributed by atoms with Crippen molar-refractivity contribution in [2.75, 3.05) is 26.2 Å². The van der Waals surface area contributed by atoms with Gasteiger partial charge in [0.25, 0.3) is 0 Å². The van der Waals surface area contributed by atoms with Crippen molar-refractivity contribution in [1.82, 2.24) is 9.80 Å². The van der Waals surface area contributed by atoms with Crippen molar-refractivity contribution in [1.29, 1.82) is 0 Å². The molecule has 0 spiro atoms. The summed E-state index contributed by atoms with van der Waals surface area (Å²) in [5.41, 5.74) is 1.21. The minimum Gasteiger partial charge on any atom is -0.339 e. The van der Waals surface area contributed by atoms with E-state index >= 15 is 0 Å². The van der Waals surface area contributed by atoms with Crippen LogP contribution in [0.2, 0.25) is 0 Å². The average Bonchev–Trinajstić information content (AvgIpc) is 2.18. The molecule has 1 saturated heterocycles. The number of amides is 2. The van der Waals surface area contributed by atoms with Gasteiger partial charge in [-0.25, -0.2) is 0 Å². The molecule has 0 aromatic carbocycles. The minimum absolute atomic E-state index is 0.0602. The molecule has 0 N–H and O–H groups in total. The molecule has 2 amide bonds. The monoisotopic (exact) mass is 216 g/mol. The number of nitrogens with zero attached hydrogens (tertiary/aromatic N) is 2. The summed E-state index contributed by atoms with van der Waals surface area (Å²) in [6, 6.07) is 0. The van der Waals surface area contributed by atoms with Gasteiger partial charge in [-0.2, -0.15) is 0 Å². The van der Waals surface area contributed by atoms with Crippen molar-refractivity contribution in [2.45, 2.75) is 6.92 Å². The van der Waals surface area contributed by atoms with Gasteiger partial charge in [-0.05, 0) is 0 Å². The highest BCUT2D eigenvalue weighted by Gasteiger charge is 2.20. The van der Waals surface area contributed by atoms with E-state index in [0.717, 1.165) is 0 Å². The third kappa shape index (κ3) is 2.73. The van der Waals surface area contributed by atoms with Gasteiger partial charge in [0.1, 0.15) is 0 Å². The number of halogens is 1. The Bertz CT molecular complexity index is 258. The number of carbonyl (C=O) groups excluding carboxylic acids is 2. The van der Waals surface area contributed by atoms with Crippen LogP contribution in [0.1, 0.15) is 6.92 Å². The second-order valence-electron chi connectivity index (χ2n) is 3.12. The molecule has 0 saturated carbocycles. The van der Waals surface area contributed by atoms with Gasteiger partial charge in [-0.15, -0.1) is 0 Å². The summed E-state index contributed by atoms with van der Waals surface area (Å²) in [5.74, 6) is -0.0341. The second kappa shape index (κ2) is 5.00. The Morgan fingerprint density at radius 1 is 1.14 bits per heavy atom. The molecule has 0 aromatic rings. The van der Waals surface area contributed by atoms with Crippen LogP contribution in [0.3, 0.4) is 0 Å². The van der Waals surface area contributed by atoms with E-state index in [0.29, 0.717) is 26.2 Å². The maximum absolute atomic E-state index is 11.3. The lowest BCUT2D eigenvalue weighted by Gasteiger charge is -2.33. The minimum atomic E-state index is -0.0943. The van der Waals surface area contributed by atoms with Gasteiger partial charge in [-0.3, -0.25) is 9.59 Å². The third-order valence-corrected chi connectivity index (χ3v) is 2.37. The molecular formula is C9H13ClN2O2. The van der Waals surface area contributed by atoms with Crippen LogP contribution in [-0.4, -0.2) is 47.8 Å². The van der Waals surface area contributed by atoms with Gasteiger partial charge in [0.15, 0.2) is 0 Å². The van der Waals surface area contributed by atoms with E-state index in [1.165, 1.54) is 18.5 Å². The highest BCUT2D eigenvalue weighted by Crippen LogP contribution is 2.03. The molecule has 1 aliphatic heterocycles. The number of hydrogen-bond donors (Lipinski definition) is 0. The van der Waals surface area contributed by atoms with E-state index in [4.69, 9.17) is 11.6 Å². The fourth-order valence-corrected chi connectivity index (χ4v) is 1.51. The molecule has 1 aliphatic rings. The van der Waals surface area contributed by atoms with Crippen LogP contribution in [0.4, 0.5) is 0 Å². The zero-order valence-electron chi connectivity index (χ0n) is 8.07. The van der Waals surface area contributed by atoms with Gasteiger partial charge in [0.2, 0.25) is 11.8 Å². The SMILES string of the molecule is CC(=O)N1CCN(C(=O)C=CCl)CC1. The van der Waals surface area contributed by atoms with Gasteiger partial charge < -0.3 is 9.80 Å². The predicted octanol–water partition coefficient (Wildman–Crippen LogP) is 0.430. The summed E-state index contributed by atoms with van der Waals surface area (Å²) in [6.45, 7) is 3.92. The molecule has 78 valence electrons. The summed E-state index contributed by atoms with van der Waals surface area (Å²) >= 11 is 5.30. The van der Waals surface area contributed by atoms with Crippen LogP contribution in [0.5, 0.6) is 0 Å². The van der Waals surface area contributed by atoms with E-state index in [-0.39, 0.29) is 11.8 Å². The molecule has 4 nitrogen and oxygen atoms in total. The molecule has 14 heavy (non-hydrogen) atoms. The molecule has 0 aliphatic carbocycles. The van der Waals surface area contributed by atoms with Crippen LogP contribution < -0.4 is 0 Å². The molecule has 1 heterocycles. The van der Waals surface area contributed by atoms with E-state index in [2.05, 4.69) is 0 Å². The molecule has 1 fully saturated rings. The molecule has 5 heteroatoms. The van der Waals surface area contributed by atoms with Gasteiger partial charge in [0.05, 0.1) is 0 Å². The normalized spacial score (nSPS) is 17.6. The zero-order valence-corrected chi connectivity index (χ0v) is 8.83. The first-order valence-corrected chi connectivity index (χ1v) is 4.90. The molecule has 0 bridgehead atoms.